The molecule has 3 nitrogen and oxygen atoms in total. The molecule has 100 valence electrons. The van der Waals surface area contributed by atoms with E-state index in [0.29, 0.717) is 11.5 Å². The van der Waals surface area contributed by atoms with Gasteiger partial charge in [-0.15, -0.1) is 0 Å². The van der Waals surface area contributed by atoms with Gasteiger partial charge in [0.15, 0.2) is 0 Å². The molecule has 17 heavy (non-hydrogen) atoms. The van der Waals surface area contributed by atoms with Crippen molar-refractivity contribution in [1.29, 1.82) is 0 Å². The molecule has 0 aromatic carbocycles. The highest BCUT2D eigenvalue weighted by Gasteiger charge is 2.40. The Bertz CT molecular complexity index is 228. The van der Waals surface area contributed by atoms with Crippen molar-refractivity contribution in [2.45, 2.75) is 57.6 Å². The summed E-state index contributed by atoms with van der Waals surface area (Å²) in [6.45, 7) is 8.38. The summed E-state index contributed by atoms with van der Waals surface area (Å²) in [4.78, 5) is 2.58. The van der Waals surface area contributed by atoms with Gasteiger partial charge in [-0.05, 0) is 18.8 Å². The Hall–Kier alpha value is -0.120. The lowest BCUT2D eigenvalue weighted by atomic mass is 9.78. The van der Waals surface area contributed by atoms with Crippen LogP contribution in [0.5, 0.6) is 0 Å². The van der Waals surface area contributed by atoms with E-state index in [9.17, 15) is 5.11 Å². The van der Waals surface area contributed by atoms with Crippen molar-refractivity contribution in [1.82, 2.24) is 10.2 Å². The zero-order chi connectivity index (χ0) is 12.3. The normalized spacial score (nSPS) is 27.5. The predicted molar refractivity (Wildman–Crippen MR) is 71.1 cm³/mol. The summed E-state index contributed by atoms with van der Waals surface area (Å²) >= 11 is 0. The Morgan fingerprint density at radius 1 is 1.24 bits per heavy atom. The fourth-order valence-electron chi connectivity index (χ4n) is 3.31. The monoisotopic (exact) mass is 240 g/mol. The Balaban J connectivity index is 2.01. The maximum Gasteiger partial charge on any atom is 0.0690 e. The van der Waals surface area contributed by atoms with E-state index in [1.807, 2.05) is 0 Å². The second-order valence-electron chi connectivity index (χ2n) is 6.22. The van der Waals surface area contributed by atoms with Crippen molar-refractivity contribution in [2.75, 3.05) is 26.2 Å². The molecule has 0 aromatic heterocycles. The second kappa shape index (κ2) is 5.68. The van der Waals surface area contributed by atoms with Gasteiger partial charge in [-0.1, -0.05) is 33.1 Å². The van der Waals surface area contributed by atoms with Crippen LogP contribution in [0.15, 0.2) is 0 Å². The van der Waals surface area contributed by atoms with Crippen molar-refractivity contribution in [2.24, 2.45) is 5.92 Å². The molecule has 1 saturated carbocycles. The van der Waals surface area contributed by atoms with Gasteiger partial charge >= 0.3 is 0 Å². The van der Waals surface area contributed by atoms with Crippen LogP contribution < -0.4 is 5.32 Å². The third-order valence-electron chi connectivity index (χ3n) is 4.64. The summed E-state index contributed by atoms with van der Waals surface area (Å²) in [7, 11) is 0. The third kappa shape index (κ3) is 3.01. The zero-order valence-corrected chi connectivity index (χ0v) is 11.4. The SMILES string of the molecule is CC(C)C(O)CN1CCNCC12CCCCC2. The van der Waals surface area contributed by atoms with E-state index in [4.69, 9.17) is 0 Å². The number of rotatable bonds is 3. The van der Waals surface area contributed by atoms with Crippen molar-refractivity contribution in [3.8, 4) is 0 Å². The van der Waals surface area contributed by atoms with Crippen molar-refractivity contribution >= 4 is 0 Å². The molecule has 1 saturated heterocycles. The molecular weight excluding hydrogens is 212 g/mol. The van der Waals surface area contributed by atoms with Gasteiger partial charge in [-0.25, -0.2) is 0 Å². The van der Waals surface area contributed by atoms with Crippen LogP contribution in [0.1, 0.15) is 46.0 Å². The zero-order valence-electron chi connectivity index (χ0n) is 11.4. The Labute approximate surface area is 106 Å². The van der Waals surface area contributed by atoms with Crippen LogP contribution in [-0.2, 0) is 0 Å². The second-order valence-corrected chi connectivity index (χ2v) is 6.22. The molecule has 2 rings (SSSR count). The number of piperazine rings is 1. The molecule has 3 heteroatoms. The molecule has 2 N–H and O–H groups in total. The first-order valence-corrected chi connectivity index (χ1v) is 7.28. The summed E-state index contributed by atoms with van der Waals surface area (Å²) in [6, 6.07) is 0. The Morgan fingerprint density at radius 2 is 1.94 bits per heavy atom. The van der Waals surface area contributed by atoms with E-state index in [1.165, 1.54) is 32.1 Å². The maximum absolute atomic E-state index is 10.1. The van der Waals surface area contributed by atoms with E-state index >= 15 is 0 Å². The fourth-order valence-corrected chi connectivity index (χ4v) is 3.31. The molecule has 1 atom stereocenters. The van der Waals surface area contributed by atoms with Crippen LogP contribution in [0, 0.1) is 5.92 Å². The minimum Gasteiger partial charge on any atom is -0.392 e. The molecule has 0 aromatic rings. The summed E-state index contributed by atoms with van der Waals surface area (Å²) in [6.07, 6.45) is 6.55. The minimum atomic E-state index is -0.174. The minimum absolute atomic E-state index is 0.174. The average molecular weight is 240 g/mol. The van der Waals surface area contributed by atoms with Crippen LogP contribution in [0.4, 0.5) is 0 Å². The number of nitrogens with zero attached hydrogens (tertiary/aromatic N) is 1. The van der Waals surface area contributed by atoms with Gasteiger partial charge in [-0.2, -0.15) is 0 Å². The van der Waals surface area contributed by atoms with Crippen LogP contribution in [-0.4, -0.2) is 47.8 Å². The Kier molecular flexibility index (Phi) is 4.45. The van der Waals surface area contributed by atoms with Crippen LogP contribution in [0.3, 0.4) is 0 Å². The maximum atomic E-state index is 10.1. The van der Waals surface area contributed by atoms with Gasteiger partial charge in [-0.3, -0.25) is 4.90 Å². The summed E-state index contributed by atoms with van der Waals surface area (Å²) < 4.78 is 0. The van der Waals surface area contributed by atoms with E-state index < -0.39 is 0 Å². The lowest BCUT2D eigenvalue weighted by Gasteiger charge is -2.50. The van der Waals surface area contributed by atoms with Crippen LogP contribution >= 0.6 is 0 Å². The topological polar surface area (TPSA) is 35.5 Å². The van der Waals surface area contributed by atoms with Gasteiger partial charge < -0.3 is 10.4 Å². The number of nitrogens with one attached hydrogen (secondary N) is 1. The van der Waals surface area contributed by atoms with E-state index in [1.54, 1.807) is 0 Å². The number of hydrogen-bond acceptors (Lipinski definition) is 3. The Morgan fingerprint density at radius 3 is 2.59 bits per heavy atom. The lowest BCUT2D eigenvalue weighted by Crippen LogP contribution is -2.63. The smallest absolute Gasteiger partial charge is 0.0690 e. The average Bonchev–Trinajstić information content (AvgIpc) is 2.33. The first-order valence-electron chi connectivity index (χ1n) is 7.28. The van der Waals surface area contributed by atoms with Crippen molar-refractivity contribution < 1.29 is 5.11 Å². The predicted octanol–water partition coefficient (Wildman–Crippen LogP) is 1.61. The molecule has 2 aliphatic rings. The van der Waals surface area contributed by atoms with E-state index in [2.05, 4.69) is 24.1 Å². The molecule has 1 aliphatic heterocycles. The van der Waals surface area contributed by atoms with Gasteiger partial charge in [0, 0.05) is 31.7 Å². The highest BCUT2D eigenvalue weighted by atomic mass is 16.3. The lowest BCUT2D eigenvalue weighted by molar-refractivity contribution is -0.0177. The first-order chi connectivity index (χ1) is 8.14. The molecule has 0 amide bonds. The summed E-state index contributed by atoms with van der Waals surface area (Å²) in [5.74, 6) is 0.366. The fraction of sp³-hybridized carbons (Fsp3) is 1.00. The van der Waals surface area contributed by atoms with Gasteiger partial charge in [0.2, 0.25) is 0 Å². The van der Waals surface area contributed by atoms with Crippen molar-refractivity contribution in [3.05, 3.63) is 0 Å². The molecule has 0 radical (unpaired) electrons. The molecule has 1 spiro atoms. The molecule has 1 aliphatic carbocycles. The standard InChI is InChI=1S/C14H28N2O/c1-12(2)13(17)10-16-9-8-15-11-14(16)6-4-3-5-7-14/h12-13,15,17H,3-11H2,1-2H3. The van der Waals surface area contributed by atoms with Gasteiger partial charge in [0.1, 0.15) is 0 Å². The summed E-state index contributed by atoms with van der Waals surface area (Å²) in [5, 5.41) is 13.7. The molecule has 0 bridgehead atoms. The van der Waals surface area contributed by atoms with Crippen molar-refractivity contribution in [3.63, 3.8) is 0 Å². The van der Waals surface area contributed by atoms with Crippen LogP contribution in [0.2, 0.25) is 0 Å². The highest BCUT2D eigenvalue weighted by Crippen LogP contribution is 2.34. The number of hydrogen-bond donors (Lipinski definition) is 2. The number of aliphatic hydroxyl groups is 1. The largest absolute Gasteiger partial charge is 0.392 e. The first kappa shape index (κ1) is 13.3. The molecular formula is C14H28N2O. The number of aliphatic hydroxyl groups excluding tert-OH is 1. The third-order valence-corrected chi connectivity index (χ3v) is 4.64. The van der Waals surface area contributed by atoms with Crippen LogP contribution in [0.25, 0.3) is 0 Å². The van der Waals surface area contributed by atoms with Gasteiger partial charge in [0.05, 0.1) is 6.10 Å². The summed E-state index contributed by atoms with van der Waals surface area (Å²) in [5.41, 5.74) is 0.354. The van der Waals surface area contributed by atoms with E-state index in [0.717, 1.165) is 26.2 Å². The molecule has 1 heterocycles. The highest BCUT2D eigenvalue weighted by molar-refractivity contribution is 4.98. The molecule has 2 fully saturated rings. The number of β-amino-alcohol motifs (C(OH)–C–C–N with tert-alkyl or cyclic N) is 1. The van der Waals surface area contributed by atoms with Gasteiger partial charge in [0.25, 0.3) is 0 Å². The van der Waals surface area contributed by atoms with E-state index in [-0.39, 0.29) is 6.10 Å². The quantitative estimate of drug-likeness (QED) is 0.787. The molecule has 1 unspecified atom stereocenters.